The number of nitrogens with one attached hydrogen (secondary N) is 1. The first-order chi connectivity index (χ1) is 8.19. The summed E-state index contributed by atoms with van der Waals surface area (Å²) in [4.78, 5) is 1.26. The fourth-order valence-electron chi connectivity index (χ4n) is 1.78. The number of thiophene rings is 1. The topological polar surface area (TPSA) is 38.0 Å². The SMILES string of the molecule is Cc1cc(C(Cc2ccc(F)cc2)NN)cs1. The standard InChI is InChI=1S/C13H15FN2S/c1-9-6-11(8-17-9)13(16-15)7-10-2-4-12(14)5-3-10/h2-6,8,13,16H,7,15H2,1H3. The van der Waals surface area contributed by atoms with Crippen LogP contribution in [0, 0.1) is 12.7 Å². The van der Waals surface area contributed by atoms with Gasteiger partial charge in [0.15, 0.2) is 0 Å². The van der Waals surface area contributed by atoms with Crippen LogP contribution in [0.1, 0.15) is 22.0 Å². The van der Waals surface area contributed by atoms with Crippen LogP contribution >= 0.6 is 11.3 Å². The van der Waals surface area contributed by atoms with E-state index in [0.717, 1.165) is 12.0 Å². The summed E-state index contributed by atoms with van der Waals surface area (Å²) in [6.07, 6.45) is 0.757. The van der Waals surface area contributed by atoms with Crippen molar-refractivity contribution in [3.05, 3.63) is 57.5 Å². The molecule has 0 aliphatic heterocycles. The van der Waals surface area contributed by atoms with Crippen molar-refractivity contribution >= 4 is 11.3 Å². The molecule has 1 aromatic heterocycles. The number of aryl methyl sites for hydroxylation is 1. The van der Waals surface area contributed by atoms with Crippen molar-refractivity contribution in [2.75, 3.05) is 0 Å². The van der Waals surface area contributed by atoms with Gasteiger partial charge in [-0.05, 0) is 48.1 Å². The minimum atomic E-state index is -0.211. The molecule has 3 N–H and O–H groups in total. The van der Waals surface area contributed by atoms with Crippen LogP contribution in [0.2, 0.25) is 0 Å². The van der Waals surface area contributed by atoms with Crippen molar-refractivity contribution in [2.45, 2.75) is 19.4 Å². The molecule has 90 valence electrons. The minimum Gasteiger partial charge on any atom is -0.271 e. The van der Waals surface area contributed by atoms with Crippen molar-refractivity contribution < 1.29 is 4.39 Å². The maximum atomic E-state index is 12.8. The molecule has 2 nitrogen and oxygen atoms in total. The molecular weight excluding hydrogens is 235 g/mol. The van der Waals surface area contributed by atoms with Gasteiger partial charge in [-0.3, -0.25) is 11.3 Å². The molecule has 0 radical (unpaired) electrons. The van der Waals surface area contributed by atoms with Gasteiger partial charge in [-0.2, -0.15) is 0 Å². The number of hydrogen-bond donors (Lipinski definition) is 2. The average Bonchev–Trinajstić information content (AvgIpc) is 2.75. The lowest BCUT2D eigenvalue weighted by molar-refractivity contribution is 0.552. The Labute approximate surface area is 104 Å². The van der Waals surface area contributed by atoms with E-state index in [1.54, 1.807) is 23.5 Å². The van der Waals surface area contributed by atoms with Gasteiger partial charge < -0.3 is 0 Å². The lowest BCUT2D eigenvalue weighted by atomic mass is 10.0. The smallest absolute Gasteiger partial charge is 0.123 e. The predicted molar refractivity (Wildman–Crippen MR) is 69.2 cm³/mol. The highest BCUT2D eigenvalue weighted by Gasteiger charge is 2.11. The monoisotopic (exact) mass is 250 g/mol. The normalized spacial score (nSPS) is 12.6. The highest BCUT2D eigenvalue weighted by molar-refractivity contribution is 7.10. The fourth-order valence-corrected chi connectivity index (χ4v) is 2.53. The van der Waals surface area contributed by atoms with E-state index in [-0.39, 0.29) is 11.9 Å². The van der Waals surface area contributed by atoms with E-state index < -0.39 is 0 Å². The van der Waals surface area contributed by atoms with Gasteiger partial charge >= 0.3 is 0 Å². The molecule has 1 unspecified atom stereocenters. The van der Waals surface area contributed by atoms with Crippen molar-refractivity contribution in [1.82, 2.24) is 5.43 Å². The number of halogens is 1. The molecule has 1 atom stereocenters. The molecule has 1 aromatic carbocycles. The van der Waals surface area contributed by atoms with Gasteiger partial charge in [0, 0.05) is 4.88 Å². The third-order valence-electron chi connectivity index (χ3n) is 2.71. The van der Waals surface area contributed by atoms with E-state index in [1.165, 1.54) is 22.6 Å². The lowest BCUT2D eigenvalue weighted by Gasteiger charge is -2.14. The zero-order chi connectivity index (χ0) is 12.3. The minimum absolute atomic E-state index is 0.0745. The van der Waals surface area contributed by atoms with E-state index >= 15 is 0 Å². The van der Waals surface area contributed by atoms with Gasteiger partial charge in [0.25, 0.3) is 0 Å². The average molecular weight is 250 g/mol. The summed E-state index contributed by atoms with van der Waals surface area (Å²) in [5, 5.41) is 2.10. The first-order valence-corrected chi connectivity index (χ1v) is 6.32. The molecular formula is C13H15FN2S. The van der Waals surface area contributed by atoms with Crippen LogP contribution in [0.4, 0.5) is 4.39 Å². The van der Waals surface area contributed by atoms with E-state index in [0.29, 0.717) is 0 Å². The molecule has 2 rings (SSSR count). The van der Waals surface area contributed by atoms with E-state index in [2.05, 4.69) is 23.8 Å². The number of hydrogen-bond acceptors (Lipinski definition) is 3. The molecule has 0 spiro atoms. The Morgan fingerprint density at radius 2 is 2.06 bits per heavy atom. The Balaban J connectivity index is 2.12. The second-order valence-electron chi connectivity index (χ2n) is 4.04. The second kappa shape index (κ2) is 5.40. The van der Waals surface area contributed by atoms with Crippen LogP contribution < -0.4 is 11.3 Å². The molecule has 1 heterocycles. The van der Waals surface area contributed by atoms with Gasteiger partial charge in [-0.1, -0.05) is 12.1 Å². The fraction of sp³-hybridized carbons (Fsp3) is 0.231. The Hall–Kier alpha value is -1.23. The molecule has 0 aliphatic carbocycles. The lowest BCUT2D eigenvalue weighted by Crippen LogP contribution is -2.29. The van der Waals surface area contributed by atoms with Crippen molar-refractivity contribution in [3.63, 3.8) is 0 Å². The van der Waals surface area contributed by atoms with Crippen molar-refractivity contribution in [2.24, 2.45) is 5.84 Å². The molecule has 0 saturated heterocycles. The van der Waals surface area contributed by atoms with Crippen LogP contribution in [-0.2, 0) is 6.42 Å². The summed E-state index contributed by atoms with van der Waals surface area (Å²) < 4.78 is 12.8. The zero-order valence-electron chi connectivity index (χ0n) is 9.61. The zero-order valence-corrected chi connectivity index (χ0v) is 10.4. The summed E-state index contributed by atoms with van der Waals surface area (Å²) in [5.74, 6) is 5.36. The van der Waals surface area contributed by atoms with Crippen molar-refractivity contribution in [3.8, 4) is 0 Å². The molecule has 0 amide bonds. The van der Waals surface area contributed by atoms with Crippen LogP contribution in [0.5, 0.6) is 0 Å². The molecule has 0 bridgehead atoms. The largest absolute Gasteiger partial charge is 0.271 e. The number of nitrogens with two attached hydrogens (primary N) is 1. The summed E-state index contributed by atoms with van der Waals surface area (Å²) in [6.45, 7) is 2.07. The molecule has 0 aliphatic rings. The maximum absolute atomic E-state index is 12.8. The van der Waals surface area contributed by atoms with Gasteiger partial charge in [0.2, 0.25) is 0 Å². The quantitative estimate of drug-likeness (QED) is 0.647. The van der Waals surface area contributed by atoms with Gasteiger partial charge in [-0.15, -0.1) is 11.3 Å². The van der Waals surface area contributed by atoms with E-state index in [1.807, 2.05) is 0 Å². The molecule has 2 aromatic rings. The molecule has 0 fully saturated rings. The van der Waals surface area contributed by atoms with Crippen LogP contribution in [0.15, 0.2) is 35.7 Å². The van der Waals surface area contributed by atoms with Crippen LogP contribution in [0.25, 0.3) is 0 Å². The third-order valence-corrected chi connectivity index (χ3v) is 3.59. The Morgan fingerprint density at radius 3 is 2.59 bits per heavy atom. The third kappa shape index (κ3) is 3.12. The Morgan fingerprint density at radius 1 is 1.35 bits per heavy atom. The van der Waals surface area contributed by atoms with Gasteiger partial charge in [-0.25, -0.2) is 4.39 Å². The highest BCUT2D eigenvalue weighted by Crippen LogP contribution is 2.23. The first kappa shape index (κ1) is 12.2. The first-order valence-electron chi connectivity index (χ1n) is 5.44. The van der Waals surface area contributed by atoms with Crippen molar-refractivity contribution in [1.29, 1.82) is 0 Å². The van der Waals surface area contributed by atoms with Gasteiger partial charge in [0.1, 0.15) is 5.82 Å². The van der Waals surface area contributed by atoms with E-state index in [9.17, 15) is 4.39 Å². The summed E-state index contributed by atoms with van der Waals surface area (Å²) in [6, 6.07) is 8.73. The van der Waals surface area contributed by atoms with Gasteiger partial charge in [0.05, 0.1) is 6.04 Å². The maximum Gasteiger partial charge on any atom is 0.123 e. The summed E-state index contributed by atoms with van der Waals surface area (Å²) in [5.41, 5.74) is 5.06. The Kier molecular flexibility index (Phi) is 3.89. The number of hydrazine groups is 1. The number of benzene rings is 1. The van der Waals surface area contributed by atoms with Crippen LogP contribution in [-0.4, -0.2) is 0 Å². The molecule has 0 saturated carbocycles. The Bertz CT molecular complexity index is 478. The number of rotatable bonds is 4. The highest BCUT2D eigenvalue weighted by atomic mass is 32.1. The second-order valence-corrected chi connectivity index (χ2v) is 5.16. The molecule has 4 heteroatoms. The summed E-state index contributed by atoms with van der Waals surface area (Å²) >= 11 is 1.71. The predicted octanol–water partition coefficient (Wildman–Crippen LogP) is 2.94. The van der Waals surface area contributed by atoms with Crippen LogP contribution in [0.3, 0.4) is 0 Å². The summed E-state index contributed by atoms with van der Waals surface area (Å²) in [7, 11) is 0. The van der Waals surface area contributed by atoms with E-state index in [4.69, 9.17) is 5.84 Å². The molecule has 17 heavy (non-hydrogen) atoms.